The number of hydrogen-bond acceptors (Lipinski definition) is 2. The van der Waals surface area contributed by atoms with Crippen LogP contribution in [0, 0.1) is 5.41 Å². The van der Waals surface area contributed by atoms with Gasteiger partial charge in [-0.25, -0.2) is 0 Å². The van der Waals surface area contributed by atoms with Crippen molar-refractivity contribution in [3.8, 4) is 0 Å². The topological polar surface area (TPSA) is 40.5 Å². The Morgan fingerprint density at radius 3 is 2.53 bits per heavy atom. The quantitative estimate of drug-likeness (QED) is 0.820. The molecule has 98 valence electrons. The van der Waals surface area contributed by atoms with Gasteiger partial charge in [0.25, 0.3) is 0 Å². The molecule has 3 nitrogen and oxygen atoms in total. The lowest BCUT2D eigenvalue weighted by Gasteiger charge is -2.45. The molecule has 0 radical (unpaired) electrons. The molecule has 1 spiro atoms. The highest BCUT2D eigenvalue weighted by atomic mass is 16.4. The maximum atomic E-state index is 10.5. The van der Waals surface area contributed by atoms with Gasteiger partial charge in [0, 0.05) is 13.0 Å². The number of aliphatic carboxylic acids is 1. The summed E-state index contributed by atoms with van der Waals surface area (Å²) >= 11 is 0. The molecule has 0 aromatic heterocycles. The van der Waals surface area contributed by atoms with Crippen LogP contribution in [0.25, 0.3) is 0 Å². The molecule has 17 heavy (non-hydrogen) atoms. The van der Waals surface area contributed by atoms with Gasteiger partial charge in [-0.15, -0.1) is 0 Å². The molecule has 2 aliphatic rings. The Morgan fingerprint density at radius 1 is 1.12 bits per heavy atom. The molecule has 0 bridgehead atoms. The zero-order valence-corrected chi connectivity index (χ0v) is 10.8. The molecule has 1 aliphatic carbocycles. The maximum absolute atomic E-state index is 10.5. The van der Waals surface area contributed by atoms with Crippen molar-refractivity contribution in [2.75, 3.05) is 19.6 Å². The van der Waals surface area contributed by atoms with E-state index in [9.17, 15) is 4.79 Å². The first-order chi connectivity index (χ1) is 8.20. The minimum absolute atomic E-state index is 0.323. The van der Waals surface area contributed by atoms with E-state index in [1.54, 1.807) is 0 Å². The molecular weight excluding hydrogens is 214 g/mol. The minimum atomic E-state index is -0.658. The molecule has 0 amide bonds. The Hall–Kier alpha value is -0.570. The van der Waals surface area contributed by atoms with Crippen molar-refractivity contribution in [2.24, 2.45) is 5.41 Å². The number of rotatable bonds is 4. The van der Waals surface area contributed by atoms with Gasteiger partial charge in [0.15, 0.2) is 0 Å². The van der Waals surface area contributed by atoms with E-state index in [0.717, 1.165) is 13.0 Å². The monoisotopic (exact) mass is 239 g/mol. The molecule has 0 aromatic rings. The lowest BCUT2D eigenvalue weighted by Crippen LogP contribution is -2.44. The number of carboxylic acid groups (broad SMARTS) is 1. The normalized spacial score (nSPS) is 24.9. The van der Waals surface area contributed by atoms with Crippen molar-refractivity contribution in [1.82, 2.24) is 4.90 Å². The van der Waals surface area contributed by atoms with Crippen LogP contribution >= 0.6 is 0 Å². The summed E-state index contributed by atoms with van der Waals surface area (Å²) in [5, 5.41) is 8.67. The molecule has 1 heterocycles. The Morgan fingerprint density at radius 2 is 1.82 bits per heavy atom. The third kappa shape index (κ3) is 3.70. The van der Waals surface area contributed by atoms with E-state index in [2.05, 4.69) is 4.90 Å². The van der Waals surface area contributed by atoms with Crippen LogP contribution in [0.3, 0.4) is 0 Å². The number of piperidine rings is 1. The van der Waals surface area contributed by atoms with Crippen molar-refractivity contribution >= 4 is 5.97 Å². The van der Waals surface area contributed by atoms with Crippen LogP contribution < -0.4 is 0 Å². The first kappa shape index (κ1) is 12.9. The fraction of sp³-hybridized carbons (Fsp3) is 0.929. The molecule has 1 N–H and O–H groups in total. The third-order valence-corrected chi connectivity index (χ3v) is 4.52. The van der Waals surface area contributed by atoms with Gasteiger partial charge in [0.2, 0.25) is 0 Å². The second-order valence-electron chi connectivity index (χ2n) is 5.94. The Kier molecular flexibility index (Phi) is 4.43. The van der Waals surface area contributed by atoms with Gasteiger partial charge in [-0.05, 0) is 50.6 Å². The van der Waals surface area contributed by atoms with Crippen LogP contribution in [0.4, 0.5) is 0 Å². The van der Waals surface area contributed by atoms with Gasteiger partial charge in [-0.1, -0.05) is 19.3 Å². The molecule has 0 atom stereocenters. The second-order valence-corrected chi connectivity index (χ2v) is 5.94. The molecule has 0 unspecified atom stereocenters. The Labute approximate surface area is 104 Å². The lowest BCUT2D eigenvalue weighted by molar-refractivity contribution is -0.137. The zero-order chi connectivity index (χ0) is 12.1. The van der Waals surface area contributed by atoms with Crippen molar-refractivity contribution in [3.05, 3.63) is 0 Å². The molecule has 1 saturated carbocycles. The number of hydrogen-bond donors (Lipinski definition) is 1. The average molecular weight is 239 g/mol. The van der Waals surface area contributed by atoms with E-state index in [1.807, 2.05) is 0 Å². The van der Waals surface area contributed by atoms with Crippen LogP contribution in [0.15, 0.2) is 0 Å². The summed E-state index contributed by atoms with van der Waals surface area (Å²) in [6, 6.07) is 0. The van der Waals surface area contributed by atoms with Crippen molar-refractivity contribution in [3.63, 3.8) is 0 Å². The van der Waals surface area contributed by atoms with Gasteiger partial charge in [-0.2, -0.15) is 0 Å². The highest BCUT2D eigenvalue weighted by Crippen LogP contribution is 2.43. The molecule has 3 heteroatoms. The van der Waals surface area contributed by atoms with Crippen LogP contribution in [-0.2, 0) is 4.79 Å². The van der Waals surface area contributed by atoms with Gasteiger partial charge in [0.1, 0.15) is 0 Å². The van der Waals surface area contributed by atoms with E-state index in [0.29, 0.717) is 11.8 Å². The number of likely N-dealkylation sites (tertiary alicyclic amines) is 1. The highest BCUT2D eigenvalue weighted by molar-refractivity contribution is 5.66. The highest BCUT2D eigenvalue weighted by Gasteiger charge is 2.35. The summed E-state index contributed by atoms with van der Waals surface area (Å²) in [4.78, 5) is 13.0. The van der Waals surface area contributed by atoms with Crippen LogP contribution in [0.2, 0.25) is 0 Å². The van der Waals surface area contributed by atoms with E-state index in [4.69, 9.17) is 5.11 Å². The van der Waals surface area contributed by atoms with Crippen LogP contribution in [0.1, 0.15) is 57.8 Å². The standard InChI is InChI=1S/C14H25NO2/c16-13(17)6-4-10-15-11-5-9-14(12-15)7-2-1-3-8-14/h1-12H2,(H,16,17). The second kappa shape index (κ2) is 5.85. The molecule has 0 aromatic carbocycles. The van der Waals surface area contributed by atoms with Crippen molar-refractivity contribution in [2.45, 2.75) is 57.8 Å². The van der Waals surface area contributed by atoms with Gasteiger partial charge in [0.05, 0.1) is 0 Å². The SMILES string of the molecule is O=C(O)CCCN1CCCC2(CCCCC2)C1. The molecule has 2 fully saturated rings. The zero-order valence-electron chi connectivity index (χ0n) is 10.8. The summed E-state index contributed by atoms with van der Waals surface area (Å²) in [5.74, 6) is -0.658. The third-order valence-electron chi connectivity index (χ3n) is 4.52. The summed E-state index contributed by atoms with van der Waals surface area (Å²) in [7, 11) is 0. The summed E-state index contributed by atoms with van der Waals surface area (Å²) < 4.78 is 0. The predicted octanol–water partition coefficient (Wildman–Crippen LogP) is 2.90. The fourth-order valence-electron chi connectivity index (χ4n) is 3.66. The first-order valence-corrected chi connectivity index (χ1v) is 7.14. The number of carboxylic acids is 1. The first-order valence-electron chi connectivity index (χ1n) is 7.14. The van der Waals surface area contributed by atoms with Crippen LogP contribution in [-0.4, -0.2) is 35.6 Å². The summed E-state index contributed by atoms with van der Waals surface area (Å²) in [6.45, 7) is 3.39. The molecular formula is C14H25NO2. The summed E-state index contributed by atoms with van der Waals surface area (Å²) in [5.41, 5.74) is 0.597. The minimum Gasteiger partial charge on any atom is -0.481 e. The number of carbonyl (C=O) groups is 1. The number of nitrogens with zero attached hydrogens (tertiary/aromatic N) is 1. The van der Waals surface area contributed by atoms with E-state index in [-0.39, 0.29) is 0 Å². The molecule has 1 saturated heterocycles. The largest absolute Gasteiger partial charge is 0.481 e. The van der Waals surface area contributed by atoms with Gasteiger partial charge in [-0.3, -0.25) is 4.79 Å². The van der Waals surface area contributed by atoms with Gasteiger partial charge < -0.3 is 10.0 Å². The lowest BCUT2D eigenvalue weighted by atomic mass is 9.69. The predicted molar refractivity (Wildman–Crippen MR) is 68.1 cm³/mol. The smallest absolute Gasteiger partial charge is 0.303 e. The molecule has 2 rings (SSSR count). The van der Waals surface area contributed by atoms with Crippen molar-refractivity contribution in [1.29, 1.82) is 0 Å². The maximum Gasteiger partial charge on any atom is 0.303 e. The van der Waals surface area contributed by atoms with Crippen molar-refractivity contribution < 1.29 is 9.90 Å². The van der Waals surface area contributed by atoms with Crippen LogP contribution in [0.5, 0.6) is 0 Å². The van der Waals surface area contributed by atoms with E-state index in [1.165, 1.54) is 58.0 Å². The summed E-state index contributed by atoms with van der Waals surface area (Å²) in [6.07, 6.45) is 10.9. The van der Waals surface area contributed by atoms with E-state index < -0.39 is 5.97 Å². The Balaban J connectivity index is 1.77. The van der Waals surface area contributed by atoms with Gasteiger partial charge >= 0.3 is 5.97 Å². The molecule has 1 aliphatic heterocycles. The van der Waals surface area contributed by atoms with E-state index >= 15 is 0 Å². The average Bonchev–Trinajstić information content (AvgIpc) is 2.29. The fourth-order valence-corrected chi connectivity index (χ4v) is 3.66. The Bertz CT molecular complexity index is 253.